The van der Waals surface area contributed by atoms with E-state index in [9.17, 15) is 22.8 Å². The maximum atomic E-state index is 12.1. The third-order valence-corrected chi connectivity index (χ3v) is 4.89. The number of benzene rings is 1. The summed E-state index contributed by atoms with van der Waals surface area (Å²) in [6.07, 6.45) is -2.14. The zero-order valence-corrected chi connectivity index (χ0v) is 16.1. The lowest BCUT2D eigenvalue weighted by Gasteiger charge is -2.36. The number of halogens is 3. The van der Waals surface area contributed by atoms with Crippen molar-refractivity contribution in [3.63, 3.8) is 0 Å². The van der Waals surface area contributed by atoms with Crippen LogP contribution in [-0.4, -0.2) is 31.0 Å². The molecule has 0 heterocycles. The van der Waals surface area contributed by atoms with Crippen LogP contribution < -0.4 is 4.74 Å². The Kier molecular flexibility index (Phi) is 7.32. The van der Waals surface area contributed by atoms with Gasteiger partial charge in [-0.05, 0) is 54.9 Å². The van der Waals surface area contributed by atoms with Crippen molar-refractivity contribution in [3.05, 3.63) is 29.8 Å². The number of hydrogen-bond acceptors (Lipinski definition) is 5. The van der Waals surface area contributed by atoms with Crippen LogP contribution in [0.25, 0.3) is 0 Å². The summed E-state index contributed by atoms with van der Waals surface area (Å²) in [6, 6.07) is 4.26. The van der Waals surface area contributed by atoms with E-state index in [0.29, 0.717) is 11.8 Å². The molecule has 0 aliphatic heterocycles. The third kappa shape index (κ3) is 6.73. The van der Waals surface area contributed by atoms with Gasteiger partial charge in [0.25, 0.3) is 0 Å². The van der Waals surface area contributed by atoms with E-state index in [1.165, 1.54) is 0 Å². The summed E-state index contributed by atoms with van der Waals surface area (Å²) in [5.74, 6) is -0.784. The van der Waals surface area contributed by atoms with E-state index >= 15 is 0 Å². The predicted octanol–water partition coefficient (Wildman–Crippen LogP) is 4.75. The molecule has 1 fully saturated rings. The van der Waals surface area contributed by atoms with E-state index < -0.39 is 30.7 Å². The second-order valence-electron chi connectivity index (χ2n) is 7.50. The van der Waals surface area contributed by atoms with Gasteiger partial charge in [0.1, 0.15) is 11.9 Å². The fourth-order valence-corrected chi connectivity index (χ4v) is 3.45. The number of esters is 2. The number of hydrogen-bond donors (Lipinski definition) is 0. The van der Waals surface area contributed by atoms with Crippen molar-refractivity contribution in [1.82, 2.24) is 0 Å². The van der Waals surface area contributed by atoms with E-state index in [0.717, 1.165) is 43.5 Å². The van der Waals surface area contributed by atoms with Crippen molar-refractivity contribution < 1.29 is 37.0 Å². The highest BCUT2D eigenvalue weighted by molar-refractivity contribution is 5.90. The molecule has 2 rings (SSSR count). The van der Waals surface area contributed by atoms with E-state index in [1.807, 2.05) is 0 Å². The Labute approximate surface area is 162 Å². The minimum Gasteiger partial charge on any atom is -0.460 e. The van der Waals surface area contributed by atoms with Crippen molar-refractivity contribution in [2.24, 2.45) is 17.8 Å². The van der Waals surface area contributed by atoms with Crippen LogP contribution in [0.4, 0.5) is 13.2 Å². The summed E-state index contributed by atoms with van der Waals surface area (Å²) in [5.41, 5.74) is 0.00803. The van der Waals surface area contributed by atoms with Gasteiger partial charge in [-0.15, -0.1) is 13.2 Å². The molecule has 3 atom stereocenters. The summed E-state index contributed by atoms with van der Waals surface area (Å²) in [6.45, 7) is 5.75. The fraction of sp³-hybridized carbons (Fsp3) is 0.600. The smallest absolute Gasteiger partial charge is 0.460 e. The Morgan fingerprint density at radius 3 is 2.36 bits per heavy atom. The largest absolute Gasteiger partial charge is 0.573 e. The molecule has 1 aromatic rings. The van der Waals surface area contributed by atoms with Crippen molar-refractivity contribution in [2.45, 2.75) is 52.5 Å². The van der Waals surface area contributed by atoms with Gasteiger partial charge in [0.05, 0.1) is 5.56 Å². The highest BCUT2D eigenvalue weighted by Crippen LogP contribution is 2.35. The first kappa shape index (κ1) is 22.0. The normalized spacial score (nSPS) is 22.6. The van der Waals surface area contributed by atoms with Crippen LogP contribution in [0.5, 0.6) is 5.75 Å². The summed E-state index contributed by atoms with van der Waals surface area (Å²) >= 11 is 0. The second-order valence-corrected chi connectivity index (χ2v) is 7.50. The first-order valence-electron chi connectivity index (χ1n) is 9.27. The van der Waals surface area contributed by atoms with Gasteiger partial charge in [0, 0.05) is 0 Å². The molecule has 1 aliphatic carbocycles. The molecule has 0 unspecified atom stereocenters. The molecule has 0 saturated heterocycles. The molecule has 8 heteroatoms. The highest BCUT2D eigenvalue weighted by Gasteiger charge is 2.33. The second kappa shape index (κ2) is 9.30. The summed E-state index contributed by atoms with van der Waals surface area (Å²) in [7, 11) is 0. The molecule has 0 spiro atoms. The van der Waals surface area contributed by atoms with Crippen LogP contribution in [0.1, 0.15) is 50.4 Å². The van der Waals surface area contributed by atoms with Gasteiger partial charge in [-0.2, -0.15) is 0 Å². The van der Waals surface area contributed by atoms with Gasteiger partial charge < -0.3 is 14.2 Å². The number of carbonyl (C=O) groups excluding carboxylic acids is 2. The van der Waals surface area contributed by atoms with Crippen molar-refractivity contribution in [2.75, 3.05) is 6.61 Å². The number of alkyl halides is 3. The molecular formula is C20H25F3O5. The summed E-state index contributed by atoms with van der Waals surface area (Å²) in [5, 5.41) is 0. The van der Waals surface area contributed by atoms with Crippen LogP contribution in [0.15, 0.2) is 24.3 Å². The van der Waals surface area contributed by atoms with E-state index in [4.69, 9.17) is 9.47 Å². The molecule has 28 heavy (non-hydrogen) atoms. The zero-order valence-electron chi connectivity index (χ0n) is 16.1. The van der Waals surface area contributed by atoms with Gasteiger partial charge in [0.15, 0.2) is 6.61 Å². The molecule has 1 saturated carbocycles. The zero-order chi connectivity index (χ0) is 20.9. The van der Waals surface area contributed by atoms with Gasteiger partial charge >= 0.3 is 18.3 Å². The molecule has 1 aromatic carbocycles. The monoisotopic (exact) mass is 402 g/mol. The van der Waals surface area contributed by atoms with Crippen molar-refractivity contribution >= 4 is 11.9 Å². The molecule has 0 N–H and O–H groups in total. The van der Waals surface area contributed by atoms with Crippen LogP contribution in [0, 0.1) is 17.8 Å². The van der Waals surface area contributed by atoms with E-state index in [1.54, 1.807) is 0 Å². The lowest BCUT2D eigenvalue weighted by molar-refractivity contribution is -0.274. The molecule has 0 radical (unpaired) electrons. The molecule has 5 nitrogen and oxygen atoms in total. The van der Waals surface area contributed by atoms with Gasteiger partial charge in [-0.25, -0.2) is 9.59 Å². The highest BCUT2D eigenvalue weighted by atomic mass is 19.4. The van der Waals surface area contributed by atoms with Crippen LogP contribution >= 0.6 is 0 Å². The van der Waals surface area contributed by atoms with E-state index in [-0.39, 0.29) is 17.6 Å². The van der Waals surface area contributed by atoms with Crippen LogP contribution in [0.3, 0.4) is 0 Å². The fourth-order valence-electron chi connectivity index (χ4n) is 3.45. The molecular weight excluding hydrogens is 377 g/mol. The van der Waals surface area contributed by atoms with Crippen molar-refractivity contribution in [3.8, 4) is 5.75 Å². The summed E-state index contributed by atoms with van der Waals surface area (Å²) in [4.78, 5) is 24.1. The molecule has 156 valence electrons. The first-order valence-corrected chi connectivity index (χ1v) is 9.27. The Balaban J connectivity index is 1.85. The number of carbonyl (C=O) groups is 2. The number of ether oxygens (including phenoxy) is 3. The van der Waals surface area contributed by atoms with Gasteiger partial charge in [-0.3, -0.25) is 0 Å². The van der Waals surface area contributed by atoms with Gasteiger partial charge in [0.2, 0.25) is 0 Å². The number of rotatable bonds is 6. The molecule has 1 aliphatic rings. The first-order chi connectivity index (χ1) is 13.0. The minimum atomic E-state index is -4.81. The quantitative estimate of drug-likeness (QED) is 0.643. The lowest BCUT2D eigenvalue weighted by atomic mass is 9.75. The average molecular weight is 402 g/mol. The third-order valence-electron chi connectivity index (χ3n) is 4.89. The average Bonchev–Trinajstić information content (AvgIpc) is 2.58. The lowest BCUT2D eigenvalue weighted by Crippen LogP contribution is -2.36. The SMILES string of the molecule is CC(C)[C@H]1CC[C@@H](C)C[C@@H]1OC(=O)COC(=O)c1ccc(OC(F)(F)F)cc1. The Morgan fingerprint density at radius 2 is 1.79 bits per heavy atom. The van der Waals surface area contributed by atoms with Crippen LogP contribution in [-0.2, 0) is 14.3 Å². The topological polar surface area (TPSA) is 61.8 Å². The Hall–Kier alpha value is -2.25. The molecule has 0 amide bonds. The Morgan fingerprint density at radius 1 is 1.14 bits per heavy atom. The Bertz CT molecular complexity index is 669. The standard InChI is InChI=1S/C20H25F3O5/c1-12(2)16-9-4-13(3)10-17(16)27-18(24)11-26-19(25)14-5-7-15(8-6-14)28-20(21,22)23/h5-8,12-13,16-17H,4,9-11H2,1-3H3/t13-,16-,17+/m1/s1. The van der Waals surface area contributed by atoms with E-state index in [2.05, 4.69) is 25.5 Å². The maximum Gasteiger partial charge on any atom is 0.573 e. The van der Waals surface area contributed by atoms with Crippen molar-refractivity contribution in [1.29, 1.82) is 0 Å². The van der Waals surface area contributed by atoms with Crippen LogP contribution in [0.2, 0.25) is 0 Å². The predicted molar refractivity (Wildman–Crippen MR) is 94.6 cm³/mol. The maximum absolute atomic E-state index is 12.1. The molecule has 0 bridgehead atoms. The minimum absolute atomic E-state index is 0.00803. The van der Waals surface area contributed by atoms with Gasteiger partial charge in [-0.1, -0.05) is 27.2 Å². The molecule has 0 aromatic heterocycles. The summed E-state index contributed by atoms with van der Waals surface area (Å²) < 4.78 is 50.6.